The van der Waals surface area contributed by atoms with Crippen molar-refractivity contribution in [2.24, 2.45) is 0 Å². The minimum Gasteiger partial charge on any atom is -0.483 e. The topological polar surface area (TPSA) is 58.6 Å². The van der Waals surface area contributed by atoms with Crippen LogP contribution in [0.2, 0.25) is 0 Å². The quantitative estimate of drug-likeness (QED) is 0.474. The van der Waals surface area contributed by atoms with Crippen molar-refractivity contribution in [3.63, 3.8) is 0 Å². The predicted octanol–water partition coefficient (Wildman–Crippen LogP) is 5.06. The maximum atomic E-state index is 13.6. The van der Waals surface area contributed by atoms with E-state index < -0.39 is 6.04 Å². The number of para-hydroxylation sites is 1. The van der Waals surface area contributed by atoms with Gasteiger partial charge in [-0.3, -0.25) is 9.59 Å². The summed E-state index contributed by atoms with van der Waals surface area (Å²) in [6.07, 6.45) is 0.413. The van der Waals surface area contributed by atoms with Crippen molar-refractivity contribution in [1.82, 2.24) is 10.2 Å². The molecule has 0 bridgehead atoms. The molecular formula is C30H36N2O3. The van der Waals surface area contributed by atoms with Crippen LogP contribution in [0.5, 0.6) is 5.75 Å². The Morgan fingerprint density at radius 3 is 2.23 bits per heavy atom. The first kappa shape index (κ1) is 26.0. The molecule has 1 N–H and O–H groups in total. The summed E-state index contributed by atoms with van der Waals surface area (Å²) < 4.78 is 6.06. The average molecular weight is 473 g/mol. The number of nitrogens with zero attached hydrogens (tertiary/aromatic N) is 1. The van der Waals surface area contributed by atoms with Crippen LogP contribution < -0.4 is 10.1 Å². The molecule has 3 aromatic carbocycles. The average Bonchev–Trinajstić information content (AvgIpc) is 2.84. The zero-order valence-electron chi connectivity index (χ0n) is 21.4. The van der Waals surface area contributed by atoms with Gasteiger partial charge in [0, 0.05) is 20.0 Å². The molecule has 0 heterocycles. The van der Waals surface area contributed by atoms with E-state index in [1.54, 1.807) is 11.9 Å². The van der Waals surface area contributed by atoms with Crippen LogP contribution in [0.4, 0.5) is 0 Å². The van der Waals surface area contributed by atoms with Crippen LogP contribution in [0.15, 0.2) is 78.9 Å². The summed E-state index contributed by atoms with van der Waals surface area (Å²) in [7, 11) is 1.60. The highest BCUT2D eigenvalue weighted by molar-refractivity contribution is 5.88. The highest BCUT2D eigenvalue weighted by atomic mass is 16.5. The van der Waals surface area contributed by atoms with Gasteiger partial charge in [0.05, 0.1) is 0 Å². The summed E-state index contributed by atoms with van der Waals surface area (Å²) in [5.74, 6) is 0.244. The first-order valence-electron chi connectivity index (χ1n) is 12.0. The molecule has 0 spiro atoms. The third kappa shape index (κ3) is 7.19. The van der Waals surface area contributed by atoms with Gasteiger partial charge >= 0.3 is 0 Å². The molecule has 0 saturated carbocycles. The Hall–Kier alpha value is -3.60. The van der Waals surface area contributed by atoms with Crippen LogP contribution in [0.3, 0.4) is 0 Å². The Morgan fingerprint density at radius 1 is 0.914 bits per heavy atom. The van der Waals surface area contributed by atoms with Crippen molar-refractivity contribution in [3.8, 4) is 5.75 Å². The number of hydrogen-bond acceptors (Lipinski definition) is 3. The van der Waals surface area contributed by atoms with Crippen molar-refractivity contribution in [2.45, 2.75) is 52.1 Å². The first-order valence-corrected chi connectivity index (χ1v) is 12.0. The molecule has 0 saturated heterocycles. The van der Waals surface area contributed by atoms with Gasteiger partial charge in [-0.15, -0.1) is 0 Å². The molecule has 0 unspecified atom stereocenters. The summed E-state index contributed by atoms with van der Waals surface area (Å²) >= 11 is 0. The number of amides is 2. The van der Waals surface area contributed by atoms with Crippen molar-refractivity contribution < 1.29 is 14.3 Å². The fourth-order valence-electron chi connectivity index (χ4n) is 4.16. The number of carbonyl (C=O) groups is 2. The van der Waals surface area contributed by atoms with E-state index in [4.69, 9.17) is 4.74 Å². The van der Waals surface area contributed by atoms with Gasteiger partial charge in [-0.05, 0) is 35.1 Å². The lowest BCUT2D eigenvalue weighted by atomic mass is 9.86. The van der Waals surface area contributed by atoms with Gasteiger partial charge in [-0.25, -0.2) is 0 Å². The van der Waals surface area contributed by atoms with Crippen molar-refractivity contribution in [3.05, 3.63) is 101 Å². The third-order valence-corrected chi connectivity index (χ3v) is 6.00. The van der Waals surface area contributed by atoms with Crippen LogP contribution in [0, 0.1) is 6.92 Å². The normalized spacial score (nSPS) is 12.0. The highest BCUT2D eigenvalue weighted by Crippen LogP contribution is 2.31. The molecule has 35 heavy (non-hydrogen) atoms. The van der Waals surface area contributed by atoms with E-state index in [0.717, 1.165) is 22.3 Å². The van der Waals surface area contributed by atoms with E-state index >= 15 is 0 Å². The zero-order valence-corrected chi connectivity index (χ0v) is 21.4. The van der Waals surface area contributed by atoms with Crippen LogP contribution >= 0.6 is 0 Å². The lowest BCUT2D eigenvalue weighted by molar-refractivity contribution is -0.142. The summed E-state index contributed by atoms with van der Waals surface area (Å²) in [5, 5.41) is 2.75. The van der Waals surface area contributed by atoms with E-state index in [2.05, 4.69) is 26.1 Å². The first-order chi connectivity index (χ1) is 16.7. The molecular weight excluding hydrogens is 436 g/mol. The Labute approximate surface area is 209 Å². The van der Waals surface area contributed by atoms with Crippen molar-refractivity contribution in [1.29, 1.82) is 0 Å². The molecule has 0 aliphatic heterocycles. The summed E-state index contributed by atoms with van der Waals surface area (Å²) in [6.45, 7) is 8.52. The van der Waals surface area contributed by atoms with Gasteiger partial charge in [-0.1, -0.05) is 99.1 Å². The summed E-state index contributed by atoms with van der Waals surface area (Å²) in [5.41, 5.74) is 3.96. The largest absolute Gasteiger partial charge is 0.483 e. The van der Waals surface area contributed by atoms with Crippen molar-refractivity contribution >= 4 is 11.8 Å². The second kappa shape index (κ2) is 11.7. The summed E-state index contributed by atoms with van der Waals surface area (Å²) in [6, 6.07) is 24.9. The van der Waals surface area contributed by atoms with E-state index in [1.165, 1.54) is 0 Å². The standard InChI is InChI=1S/C30H36N2O3/c1-22-12-11-15-24(18-22)20-32(26(29(34)31-5)19-23-13-7-6-8-14-23)28(33)21-35-27-17-10-9-16-25(27)30(2,3)4/h6-18,26H,19-21H2,1-5H3,(H,31,34)/t26-/m0/s1. The monoisotopic (exact) mass is 472 g/mol. The molecule has 0 aliphatic carbocycles. The number of nitrogens with one attached hydrogen (secondary N) is 1. The minimum atomic E-state index is -0.670. The summed E-state index contributed by atoms with van der Waals surface area (Å²) in [4.78, 5) is 28.3. The van der Waals surface area contributed by atoms with Gasteiger partial charge in [0.2, 0.25) is 5.91 Å². The minimum absolute atomic E-state index is 0.126. The molecule has 0 radical (unpaired) electrons. The fourth-order valence-corrected chi connectivity index (χ4v) is 4.16. The maximum Gasteiger partial charge on any atom is 0.261 e. The van der Waals surface area contributed by atoms with Gasteiger partial charge in [-0.2, -0.15) is 0 Å². The maximum absolute atomic E-state index is 13.6. The number of likely N-dealkylation sites (N-methyl/N-ethyl adjacent to an activating group) is 1. The Kier molecular flexibility index (Phi) is 8.69. The van der Waals surface area contributed by atoms with E-state index in [1.807, 2.05) is 85.8 Å². The third-order valence-electron chi connectivity index (χ3n) is 6.00. The van der Waals surface area contributed by atoms with E-state index in [0.29, 0.717) is 18.7 Å². The van der Waals surface area contributed by atoms with Crippen LogP contribution in [0.1, 0.15) is 43.0 Å². The number of aryl methyl sites for hydroxylation is 1. The molecule has 3 rings (SSSR count). The molecule has 0 fully saturated rings. The molecule has 2 amide bonds. The molecule has 0 aromatic heterocycles. The van der Waals surface area contributed by atoms with Crippen LogP contribution in [-0.4, -0.2) is 36.4 Å². The van der Waals surface area contributed by atoms with Gasteiger partial charge < -0.3 is 15.0 Å². The molecule has 1 atom stereocenters. The van der Waals surface area contributed by atoms with E-state index in [-0.39, 0.29) is 23.8 Å². The van der Waals surface area contributed by atoms with Crippen LogP contribution in [0.25, 0.3) is 0 Å². The predicted molar refractivity (Wildman–Crippen MR) is 140 cm³/mol. The number of ether oxygens (including phenoxy) is 1. The SMILES string of the molecule is CNC(=O)[C@H](Cc1ccccc1)N(Cc1cccc(C)c1)C(=O)COc1ccccc1C(C)(C)C. The lowest BCUT2D eigenvalue weighted by Gasteiger charge is -2.31. The number of rotatable bonds is 9. The lowest BCUT2D eigenvalue weighted by Crippen LogP contribution is -2.51. The molecule has 3 aromatic rings. The van der Waals surface area contributed by atoms with Gasteiger partial charge in [0.25, 0.3) is 5.91 Å². The number of carbonyl (C=O) groups excluding carboxylic acids is 2. The molecule has 5 nitrogen and oxygen atoms in total. The Bertz CT molecular complexity index is 1140. The van der Waals surface area contributed by atoms with Gasteiger partial charge in [0.1, 0.15) is 11.8 Å². The molecule has 0 aliphatic rings. The second-order valence-corrected chi connectivity index (χ2v) is 9.87. The highest BCUT2D eigenvalue weighted by Gasteiger charge is 2.30. The number of benzene rings is 3. The van der Waals surface area contributed by atoms with Crippen molar-refractivity contribution in [2.75, 3.05) is 13.7 Å². The zero-order chi connectivity index (χ0) is 25.4. The Balaban J connectivity index is 1.91. The van der Waals surface area contributed by atoms with E-state index in [9.17, 15) is 9.59 Å². The van der Waals surface area contributed by atoms with Gasteiger partial charge in [0.15, 0.2) is 6.61 Å². The fraction of sp³-hybridized carbons (Fsp3) is 0.333. The smallest absolute Gasteiger partial charge is 0.261 e. The number of hydrogen-bond donors (Lipinski definition) is 1. The second-order valence-electron chi connectivity index (χ2n) is 9.87. The van der Waals surface area contributed by atoms with Crippen LogP contribution in [-0.2, 0) is 28.0 Å². The molecule has 5 heteroatoms. The Morgan fingerprint density at radius 2 is 1.57 bits per heavy atom. The molecule has 184 valence electrons.